The van der Waals surface area contributed by atoms with Crippen molar-refractivity contribution >= 4 is 24.6 Å². The van der Waals surface area contributed by atoms with Gasteiger partial charge in [-0.05, 0) is 0 Å². The average Bonchev–Trinajstić information content (AvgIpc) is 3.15. The topological polar surface area (TPSA) is 181 Å². The Morgan fingerprint density at radius 3 is 2.81 bits per heavy atom. The summed E-state index contributed by atoms with van der Waals surface area (Å²) in [7, 11) is -3.85. The molecule has 1 aliphatic rings. The molecule has 0 spiro atoms. The molecule has 3 heterocycles. The fraction of sp³-hybridized carbons (Fsp3) is 0.615. The molecule has 0 saturated carbocycles. The highest BCUT2D eigenvalue weighted by Gasteiger charge is 2.44. The van der Waals surface area contributed by atoms with E-state index in [2.05, 4.69) is 29.8 Å². The summed E-state index contributed by atoms with van der Waals surface area (Å²) in [5, 5.41) is 32.3. The zero-order valence-corrected chi connectivity index (χ0v) is 15.1. The zero-order chi connectivity index (χ0) is 19.6. The number of fused-ring (bicyclic) bond motifs is 1. The third-order valence-corrected chi connectivity index (χ3v) is 4.18. The molecule has 2 aromatic heterocycles. The van der Waals surface area contributed by atoms with E-state index in [4.69, 9.17) is 14.7 Å². The molecule has 3 rings (SSSR count). The highest BCUT2D eigenvalue weighted by Crippen LogP contribution is 2.38. The van der Waals surface area contributed by atoms with Gasteiger partial charge in [0.05, 0.1) is 12.9 Å². The second-order valence-corrected chi connectivity index (χ2v) is 7.66. The van der Waals surface area contributed by atoms with E-state index in [1.54, 1.807) is 0 Å². The first-order valence-electron chi connectivity index (χ1n) is 7.97. The molecule has 13 nitrogen and oxygen atoms in total. The first-order chi connectivity index (χ1) is 12.8. The highest BCUT2D eigenvalue weighted by atomic mass is 31.2. The van der Waals surface area contributed by atoms with Crippen LogP contribution in [0.4, 0.5) is 5.82 Å². The Labute approximate surface area is 153 Å². The fourth-order valence-electron chi connectivity index (χ4n) is 2.63. The summed E-state index contributed by atoms with van der Waals surface area (Å²) in [6.07, 6.45) is -2.05. The van der Waals surface area contributed by atoms with Gasteiger partial charge in [-0.25, -0.2) is 19.8 Å². The molecule has 1 fully saturated rings. The Kier molecular flexibility index (Phi) is 6.03. The van der Waals surface area contributed by atoms with Crippen LogP contribution in [0.1, 0.15) is 6.23 Å². The lowest BCUT2D eigenvalue weighted by molar-refractivity contribution is -0.238. The maximum Gasteiger partial charge on any atom is 0.352 e. The van der Waals surface area contributed by atoms with Gasteiger partial charge < -0.3 is 30.3 Å². The lowest BCUT2D eigenvalue weighted by Crippen LogP contribution is -2.33. The van der Waals surface area contributed by atoms with Crippen molar-refractivity contribution in [2.75, 3.05) is 31.7 Å². The normalized spacial score (nSPS) is 27.7. The maximum atomic E-state index is 11.0. The number of aliphatic hydroxyl groups excluding tert-OH is 3. The lowest BCUT2D eigenvalue weighted by atomic mass is 10.1. The first kappa shape index (κ1) is 20.0. The van der Waals surface area contributed by atoms with Crippen LogP contribution >= 0.6 is 7.60 Å². The summed E-state index contributed by atoms with van der Waals surface area (Å²) in [5.74, 6) is 0.399. The van der Waals surface area contributed by atoms with E-state index in [0.29, 0.717) is 17.0 Å². The van der Waals surface area contributed by atoms with Gasteiger partial charge in [0.1, 0.15) is 31.2 Å². The molecule has 1 unspecified atom stereocenters. The number of imidazole rings is 1. The van der Waals surface area contributed by atoms with Crippen LogP contribution in [0.25, 0.3) is 11.2 Å². The quantitative estimate of drug-likeness (QED) is 0.197. The standard InChI is InChI=1S/C13H20N5O8P/c1-27(22,23)26-24-4-7-9(20)10(21)13(25-7)18-6-17-8-11(14-2-3-19)15-5-16-12(8)18/h5-7,9-10,13,19-21H,2-4H2,1H3,(H,22,23)(H,14,15,16)/t7-,9-,10-,13-/m1/s1. The van der Waals surface area contributed by atoms with Crippen molar-refractivity contribution in [1.29, 1.82) is 0 Å². The summed E-state index contributed by atoms with van der Waals surface area (Å²) < 4.78 is 22.4. The van der Waals surface area contributed by atoms with Crippen LogP contribution in [0.3, 0.4) is 0 Å². The largest absolute Gasteiger partial charge is 0.395 e. The third kappa shape index (κ3) is 4.42. The van der Waals surface area contributed by atoms with Crippen molar-refractivity contribution < 1.29 is 39.1 Å². The summed E-state index contributed by atoms with van der Waals surface area (Å²) in [5.41, 5.74) is 0.736. The molecule has 1 aliphatic heterocycles. The molecular weight excluding hydrogens is 385 g/mol. The minimum Gasteiger partial charge on any atom is -0.395 e. The first-order valence-corrected chi connectivity index (χ1v) is 9.99. The van der Waals surface area contributed by atoms with Crippen molar-refractivity contribution in [1.82, 2.24) is 19.5 Å². The van der Waals surface area contributed by atoms with Crippen molar-refractivity contribution in [2.24, 2.45) is 0 Å². The van der Waals surface area contributed by atoms with Crippen LogP contribution in [0.2, 0.25) is 0 Å². The van der Waals surface area contributed by atoms with Crippen LogP contribution in [0.5, 0.6) is 0 Å². The maximum absolute atomic E-state index is 11.0. The van der Waals surface area contributed by atoms with E-state index in [-0.39, 0.29) is 19.8 Å². The number of nitrogens with one attached hydrogen (secondary N) is 1. The number of rotatable bonds is 8. The van der Waals surface area contributed by atoms with Crippen LogP contribution < -0.4 is 5.32 Å². The zero-order valence-electron chi connectivity index (χ0n) is 14.2. The molecule has 0 radical (unpaired) electrons. The molecule has 1 saturated heterocycles. The van der Waals surface area contributed by atoms with Gasteiger partial charge >= 0.3 is 7.60 Å². The van der Waals surface area contributed by atoms with Gasteiger partial charge in [0.15, 0.2) is 23.2 Å². The Bertz CT molecular complexity index is 828. The van der Waals surface area contributed by atoms with Crippen molar-refractivity contribution in [3.8, 4) is 0 Å². The number of nitrogens with zero attached hydrogens (tertiary/aromatic N) is 4. The van der Waals surface area contributed by atoms with Crippen molar-refractivity contribution in [2.45, 2.75) is 24.5 Å². The van der Waals surface area contributed by atoms with E-state index < -0.39 is 32.1 Å². The molecule has 5 N–H and O–H groups in total. The van der Waals surface area contributed by atoms with Crippen LogP contribution in [-0.4, -0.2) is 84.5 Å². The minimum absolute atomic E-state index is 0.0921. The number of hydrogen-bond donors (Lipinski definition) is 5. The lowest BCUT2D eigenvalue weighted by Gasteiger charge is -2.16. The number of aromatic nitrogens is 4. The summed E-state index contributed by atoms with van der Waals surface area (Å²) in [6.45, 7) is 0.741. The SMILES string of the molecule is CP(=O)(O)OOC[C@H]1O[C@@H](n2cnc3c(NCCO)ncnc32)[C@H](O)[C@@H]1O. The van der Waals surface area contributed by atoms with Crippen molar-refractivity contribution in [3.63, 3.8) is 0 Å². The predicted octanol–water partition coefficient (Wildman–Crippen LogP) is -1.39. The number of aliphatic hydroxyl groups is 3. The molecule has 27 heavy (non-hydrogen) atoms. The van der Waals surface area contributed by atoms with E-state index in [0.717, 1.165) is 6.66 Å². The minimum atomic E-state index is -3.85. The second kappa shape index (κ2) is 8.12. The van der Waals surface area contributed by atoms with Crippen molar-refractivity contribution in [3.05, 3.63) is 12.7 Å². The molecule has 0 aliphatic carbocycles. The predicted molar refractivity (Wildman–Crippen MR) is 89.6 cm³/mol. The Morgan fingerprint density at radius 1 is 1.33 bits per heavy atom. The van der Waals surface area contributed by atoms with Crippen LogP contribution in [0.15, 0.2) is 12.7 Å². The summed E-state index contributed by atoms with van der Waals surface area (Å²) in [4.78, 5) is 26.0. The molecule has 0 amide bonds. The number of hydrogen-bond acceptors (Lipinski definition) is 11. The summed E-state index contributed by atoms with van der Waals surface area (Å²) >= 11 is 0. The second-order valence-electron chi connectivity index (χ2n) is 5.91. The summed E-state index contributed by atoms with van der Waals surface area (Å²) in [6, 6.07) is 0. The van der Waals surface area contributed by atoms with E-state index in [1.807, 2.05) is 0 Å². The van der Waals surface area contributed by atoms with Crippen LogP contribution in [0, 0.1) is 0 Å². The van der Waals surface area contributed by atoms with E-state index in [1.165, 1.54) is 17.2 Å². The Morgan fingerprint density at radius 2 is 2.11 bits per heavy atom. The highest BCUT2D eigenvalue weighted by molar-refractivity contribution is 7.51. The van der Waals surface area contributed by atoms with Gasteiger partial charge in [-0.2, -0.15) is 0 Å². The van der Waals surface area contributed by atoms with Gasteiger partial charge in [-0.3, -0.25) is 9.13 Å². The van der Waals surface area contributed by atoms with Gasteiger partial charge in [-0.1, -0.05) is 0 Å². The molecule has 150 valence electrons. The van der Waals surface area contributed by atoms with Gasteiger partial charge in [0, 0.05) is 13.2 Å². The molecule has 2 aromatic rings. The average molecular weight is 405 g/mol. The molecule has 0 bridgehead atoms. The van der Waals surface area contributed by atoms with E-state index >= 15 is 0 Å². The van der Waals surface area contributed by atoms with Gasteiger partial charge in [0.25, 0.3) is 0 Å². The number of anilines is 1. The molecular formula is C13H20N5O8P. The third-order valence-electron chi connectivity index (χ3n) is 3.80. The molecule has 0 aromatic carbocycles. The smallest absolute Gasteiger partial charge is 0.352 e. The molecule has 14 heteroatoms. The van der Waals surface area contributed by atoms with Crippen LogP contribution in [-0.2, 0) is 18.9 Å². The number of ether oxygens (including phenoxy) is 1. The monoisotopic (exact) mass is 405 g/mol. The Balaban J connectivity index is 1.77. The fourth-order valence-corrected chi connectivity index (χ4v) is 2.89. The van der Waals surface area contributed by atoms with E-state index in [9.17, 15) is 14.8 Å². The van der Waals surface area contributed by atoms with Gasteiger partial charge in [-0.15, -0.1) is 4.67 Å². The van der Waals surface area contributed by atoms with Gasteiger partial charge in [0.2, 0.25) is 0 Å². The Hall–Kier alpha value is -1.70. The molecule has 5 atom stereocenters.